The van der Waals surface area contributed by atoms with Crippen molar-refractivity contribution >= 4 is 51.5 Å². The third-order valence-electron chi connectivity index (χ3n) is 6.26. The molecule has 0 unspecified atom stereocenters. The number of fused-ring (bicyclic) bond motifs is 1. The van der Waals surface area contributed by atoms with E-state index in [0.717, 1.165) is 41.4 Å². The molecular weight excluding hydrogens is 467 g/mol. The summed E-state index contributed by atoms with van der Waals surface area (Å²) in [5, 5.41) is 6.54. The van der Waals surface area contributed by atoms with E-state index in [4.69, 9.17) is 16.6 Å². The van der Waals surface area contributed by atoms with Crippen molar-refractivity contribution in [1.82, 2.24) is 4.98 Å². The third kappa shape index (κ3) is 6.28. The molecule has 1 aromatic heterocycles. The lowest BCUT2D eigenvalue weighted by atomic mass is 9.92. The van der Waals surface area contributed by atoms with Gasteiger partial charge in [-0.15, -0.1) is 0 Å². The molecule has 0 aliphatic carbocycles. The highest BCUT2D eigenvalue weighted by atomic mass is 35.5. The summed E-state index contributed by atoms with van der Waals surface area (Å²) in [7, 11) is 0. The van der Waals surface area contributed by atoms with Crippen molar-refractivity contribution in [3.8, 4) is 0 Å². The van der Waals surface area contributed by atoms with E-state index in [1.165, 1.54) is 18.6 Å². The molecule has 1 aliphatic heterocycles. The zero-order valence-corrected chi connectivity index (χ0v) is 21.0. The van der Waals surface area contributed by atoms with Gasteiger partial charge in [0.15, 0.2) is 0 Å². The van der Waals surface area contributed by atoms with Crippen molar-refractivity contribution in [2.45, 2.75) is 40.0 Å². The first-order chi connectivity index (χ1) is 16.7. The SMILES string of the molecule is Cc1cc(N2C[C@@H](C)C[C@H](C)C2)nc2ccc(NC(=O)CCC(=O)Nc3ccc(F)cc3Cl)cc12. The van der Waals surface area contributed by atoms with Crippen LogP contribution >= 0.6 is 11.6 Å². The molecule has 1 aliphatic rings. The van der Waals surface area contributed by atoms with Crippen molar-refractivity contribution in [2.75, 3.05) is 28.6 Å². The maximum Gasteiger partial charge on any atom is 0.224 e. The average Bonchev–Trinajstić information content (AvgIpc) is 2.79. The number of rotatable bonds is 6. The maximum atomic E-state index is 13.1. The molecule has 8 heteroatoms. The molecule has 2 N–H and O–H groups in total. The number of hydrogen-bond donors (Lipinski definition) is 2. The standard InChI is InChI=1S/C27H30ClFN4O2/c1-16-10-17(2)15-33(14-16)25-11-18(3)21-13-20(5-7-23(21)31-25)30-26(34)8-9-27(35)32-24-6-4-19(29)12-22(24)28/h4-7,11-13,16-17H,8-10,14-15H2,1-3H3,(H,30,34)(H,32,35)/t16-,17-/m0/s1. The topological polar surface area (TPSA) is 74.3 Å². The summed E-state index contributed by atoms with van der Waals surface area (Å²) in [5.74, 6) is 1.15. The summed E-state index contributed by atoms with van der Waals surface area (Å²) in [6.07, 6.45) is 1.22. The monoisotopic (exact) mass is 496 g/mol. The van der Waals surface area contributed by atoms with E-state index in [0.29, 0.717) is 23.2 Å². The van der Waals surface area contributed by atoms with Gasteiger partial charge in [0.1, 0.15) is 11.6 Å². The van der Waals surface area contributed by atoms with Gasteiger partial charge in [-0.2, -0.15) is 0 Å². The van der Waals surface area contributed by atoms with E-state index in [2.05, 4.69) is 42.4 Å². The first-order valence-corrected chi connectivity index (χ1v) is 12.3. The van der Waals surface area contributed by atoms with Crippen LogP contribution in [0, 0.1) is 24.6 Å². The van der Waals surface area contributed by atoms with Crippen LogP contribution < -0.4 is 15.5 Å². The highest BCUT2D eigenvalue weighted by Crippen LogP contribution is 2.29. The van der Waals surface area contributed by atoms with Gasteiger partial charge in [0, 0.05) is 37.0 Å². The van der Waals surface area contributed by atoms with Gasteiger partial charge in [0.25, 0.3) is 0 Å². The van der Waals surface area contributed by atoms with Crippen LogP contribution in [0.1, 0.15) is 38.7 Å². The Morgan fingerprint density at radius 2 is 1.71 bits per heavy atom. The van der Waals surface area contributed by atoms with Crippen LogP contribution in [0.2, 0.25) is 5.02 Å². The van der Waals surface area contributed by atoms with Gasteiger partial charge in [0.2, 0.25) is 11.8 Å². The molecule has 4 rings (SSSR count). The number of nitrogens with one attached hydrogen (secondary N) is 2. The van der Waals surface area contributed by atoms with Crippen molar-refractivity contribution in [3.05, 3.63) is 58.9 Å². The molecule has 2 atom stereocenters. The fraction of sp³-hybridized carbons (Fsp3) is 0.370. The minimum absolute atomic E-state index is 0.00415. The molecular formula is C27H30ClFN4O2. The molecule has 2 aromatic carbocycles. The van der Waals surface area contributed by atoms with Gasteiger partial charge in [-0.3, -0.25) is 9.59 Å². The summed E-state index contributed by atoms with van der Waals surface area (Å²) in [6.45, 7) is 8.65. The smallest absolute Gasteiger partial charge is 0.224 e. The molecule has 2 heterocycles. The molecule has 2 amide bonds. The molecule has 0 saturated carbocycles. The summed E-state index contributed by atoms with van der Waals surface area (Å²) in [5.41, 5.74) is 2.95. The Morgan fingerprint density at radius 3 is 2.40 bits per heavy atom. The van der Waals surface area contributed by atoms with Gasteiger partial charge >= 0.3 is 0 Å². The Labute approximate surface area is 209 Å². The number of benzene rings is 2. The van der Waals surface area contributed by atoms with Crippen LogP contribution in [0.5, 0.6) is 0 Å². The van der Waals surface area contributed by atoms with Gasteiger partial charge in [-0.05, 0) is 73.2 Å². The van der Waals surface area contributed by atoms with Crippen LogP contribution in [-0.4, -0.2) is 29.9 Å². The van der Waals surface area contributed by atoms with Crippen molar-refractivity contribution in [2.24, 2.45) is 11.8 Å². The highest BCUT2D eigenvalue weighted by molar-refractivity contribution is 6.33. The van der Waals surface area contributed by atoms with E-state index in [1.807, 2.05) is 18.2 Å². The highest BCUT2D eigenvalue weighted by Gasteiger charge is 2.23. The number of aryl methyl sites for hydroxylation is 1. The van der Waals surface area contributed by atoms with Crippen molar-refractivity contribution in [1.29, 1.82) is 0 Å². The number of piperidine rings is 1. The van der Waals surface area contributed by atoms with Crippen LogP contribution in [0.15, 0.2) is 42.5 Å². The molecule has 1 fully saturated rings. The molecule has 1 saturated heterocycles. The predicted molar refractivity (Wildman–Crippen MR) is 140 cm³/mol. The van der Waals surface area contributed by atoms with E-state index in [9.17, 15) is 14.0 Å². The first kappa shape index (κ1) is 24.9. The Morgan fingerprint density at radius 1 is 1.03 bits per heavy atom. The number of hydrogen-bond acceptors (Lipinski definition) is 4. The Kier molecular flexibility index (Phi) is 7.55. The quantitative estimate of drug-likeness (QED) is 0.427. The lowest BCUT2D eigenvalue weighted by Crippen LogP contribution is -2.39. The van der Waals surface area contributed by atoms with E-state index < -0.39 is 5.82 Å². The molecule has 6 nitrogen and oxygen atoms in total. The predicted octanol–water partition coefficient (Wildman–Crippen LogP) is 6.18. The van der Waals surface area contributed by atoms with Crippen LogP contribution in [-0.2, 0) is 9.59 Å². The Bertz CT molecular complexity index is 1260. The number of carbonyl (C=O) groups excluding carboxylic acids is 2. The molecule has 0 bridgehead atoms. The van der Waals surface area contributed by atoms with Crippen molar-refractivity contribution < 1.29 is 14.0 Å². The number of pyridine rings is 1. The zero-order valence-electron chi connectivity index (χ0n) is 20.2. The first-order valence-electron chi connectivity index (χ1n) is 11.9. The zero-order chi connectivity index (χ0) is 25.1. The molecule has 3 aromatic rings. The minimum Gasteiger partial charge on any atom is -0.356 e. The molecule has 35 heavy (non-hydrogen) atoms. The summed E-state index contributed by atoms with van der Waals surface area (Å²) >= 11 is 5.93. The fourth-order valence-electron chi connectivity index (χ4n) is 4.72. The van der Waals surface area contributed by atoms with Crippen LogP contribution in [0.25, 0.3) is 10.9 Å². The summed E-state index contributed by atoms with van der Waals surface area (Å²) < 4.78 is 13.1. The number of carbonyl (C=O) groups is 2. The maximum absolute atomic E-state index is 13.1. The van der Waals surface area contributed by atoms with Gasteiger partial charge in [-0.1, -0.05) is 25.4 Å². The number of nitrogens with zero attached hydrogens (tertiary/aromatic N) is 2. The van der Waals surface area contributed by atoms with Gasteiger partial charge in [0.05, 0.1) is 16.2 Å². The number of aromatic nitrogens is 1. The lowest BCUT2D eigenvalue weighted by Gasteiger charge is -2.36. The van der Waals surface area contributed by atoms with E-state index in [1.54, 1.807) is 0 Å². The third-order valence-corrected chi connectivity index (χ3v) is 6.58. The minimum atomic E-state index is -0.486. The second-order valence-electron chi connectivity index (χ2n) is 9.60. The molecule has 184 valence electrons. The second kappa shape index (κ2) is 10.6. The Balaban J connectivity index is 1.37. The molecule has 0 radical (unpaired) electrons. The fourth-order valence-corrected chi connectivity index (χ4v) is 4.93. The number of amides is 2. The number of anilines is 3. The second-order valence-corrected chi connectivity index (χ2v) is 10.0. The van der Waals surface area contributed by atoms with Crippen LogP contribution in [0.4, 0.5) is 21.6 Å². The van der Waals surface area contributed by atoms with E-state index >= 15 is 0 Å². The summed E-state index contributed by atoms with van der Waals surface area (Å²) in [4.78, 5) is 31.9. The molecule has 0 spiro atoms. The number of halogens is 2. The van der Waals surface area contributed by atoms with Crippen molar-refractivity contribution in [3.63, 3.8) is 0 Å². The summed E-state index contributed by atoms with van der Waals surface area (Å²) in [6, 6.07) is 11.5. The normalized spacial score (nSPS) is 17.9. The van der Waals surface area contributed by atoms with E-state index in [-0.39, 0.29) is 29.7 Å². The van der Waals surface area contributed by atoms with Crippen LogP contribution in [0.3, 0.4) is 0 Å². The largest absolute Gasteiger partial charge is 0.356 e. The Hall–Kier alpha value is -3.19. The van der Waals surface area contributed by atoms with Gasteiger partial charge < -0.3 is 15.5 Å². The lowest BCUT2D eigenvalue weighted by molar-refractivity contribution is -0.121. The average molecular weight is 497 g/mol. The van der Waals surface area contributed by atoms with Gasteiger partial charge in [-0.25, -0.2) is 9.37 Å².